The molecule has 0 fully saturated rings. The summed E-state index contributed by atoms with van der Waals surface area (Å²) >= 11 is 0. The first-order valence-corrected chi connectivity index (χ1v) is 11.7. The molecule has 0 saturated carbocycles. The monoisotopic (exact) mass is 437 g/mol. The van der Waals surface area contributed by atoms with Crippen LogP contribution in [-0.4, -0.2) is 22.0 Å². The molecule has 0 atom stereocenters. The predicted octanol–water partition coefficient (Wildman–Crippen LogP) is 6.40. The molecule has 2 heterocycles. The molecule has 4 aromatic rings. The molecular formula is C29H31N3O. The third kappa shape index (κ3) is 6.19. The standard InChI is InChI=1S/C29H31N3O/c1-23-13-15-27-26(20-23)21-28(25-11-5-4-6-12-25)32(27)19-8-3-2-7-18-31-29(33)16-14-24-10-9-17-30-22-24/h4-6,9-17,20-22H,2-3,7-8,18-19H2,1H3,(H,31,33)/b16-14+. The van der Waals surface area contributed by atoms with Gasteiger partial charge in [0, 0.05) is 48.2 Å². The van der Waals surface area contributed by atoms with Crippen LogP contribution in [0.3, 0.4) is 0 Å². The fraction of sp³-hybridized carbons (Fsp3) is 0.241. The Morgan fingerprint density at radius 2 is 1.82 bits per heavy atom. The summed E-state index contributed by atoms with van der Waals surface area (Å²) in [5, 5.41) is 4.27. The van der Waals surface area contributed by atoms with Crippen molar-refractivity contribution in [3.05, 3.63) is 96.3 Å². The van der Waals surface area contributed by atoms with Crippen LogP contribution < -0.4 is 5.32 Å². The summed E-state index contributed by atoms with van der Waals surface area (Å²) in [6.45, 7) is 3.85. The zero-order chi connectivity index (χ0) is 22.9. The number of carbonyl (C=O) groups excluding carboxylic acids is 1. The second kappa shape index (κ2) is 11.3. The molecule has 0 aliphatic carbocycles. The fourth-order valence-corrected chi connectivity index (χ4v) is 4.14. The van der Waals surface area contributed by atoms with Gasteiger partial charge in [0.05, 0.1) is 0 Å². The van der Waals surface area contributed by atoms with Crippen molar-refractivity contribution in [1.29, 1.82) is 0 Å². The average Bonchev–Trinajstić information content (AvgIpc) is 3.20. The Kier molecular flexibility index (Phi) is 7.70. The lowest BCUT2D eigenvalue weighted by molar-refractivity contribution is -0.116. The number of nitrogens with zero attached hydrogens (tertiary/aromatic N) is 2. The molecule has 168 valence electrons. The molecule has 1 amide bonds. The number of hydrogen-bond acceptors (Lipinski definition) is 2. The first kappa shape index (κ1) is 22.5. The lowest BCUT2D eigenvalue weighted by Gasteiger charge is -2.11. The predicted molar refractivity (Wildman–Crippen MR) is 137 cm³/mol. The highest BCUT2D eigenvalue weighted by atomic mass is 16.1. The summed E-state index contributed by atoms with van der Waals surface area (Å²) in [5.41, 5.74) is 6.05. The van der Waals surface area contributed by atoms with E-state index in [0.29, 0.717) is 6.54 Å². The number of nitrogens with one attached hydrogen (secondary N) is 1. The quantitative estimate of drug-likeness (QED) is 0.230. The van der Waals surface area contributed by atoms with Crippen LogP contribution in [0.1, 0.15) is 36.8 Å². The Morgan fingerprint density at radius 1 is 0.970 bits per heavy atom. The number of aromatic nitrogens is 2. The first-order chi connectivity index (χ1) is 16.2. The Labute approximate surface area is 196 Å². The van der Waals surface area contributed by atoms with Crippen LogP contribution in [0.5, 0.6) is 0 Å². The minimum absolute atomic E-state index is 0.0551. The summed E-state index contributed by atoms with van der Waals surface area (Å²) < 4.78 is 2.45. The number of fused-ring (bicyclic) bond motifs is 1. The van der Waals surface area contributed by atoms with Crippen molar-refractivity contribution in [3.63, 3.8) is 0 Å². The Balaban J connectivity index is 1.26. The van der Waals surface area contributed by atoms with E-state index in [2.05, 4.69) is 76.4 Å². The van der Waals surface area contributed by atoms with Crippen molar-refractivity contribution < 1.29 is 4.79 Å². The van der Waals surface area contributed by atoms with E-state index >= 15 is 0 Å². The Hall–Kier alpha value is -3.66. The van der Waals surface area contributed by atoms with Crippen molar-refractivity contribution in [2.75, 3.05) is 6.54 Å². The van der Waals surface area contributed by atoms with E-state index in [4.69, 9.17) is 0 Å². The van der Waals surface area contributed by atoms with Crippen LogP contribution in [0.15, 0.2) is 85.2 Å². The molecule has 0 unspecified atom stereocenters. The first-order valence-electron chi connectivity index (χ1n) is 11.7. The van der Waals surface area contributed by atoms with Gasteiger partial charge in [0.1, 0.15) is 0 Å². The van der Waals surface area contributed by atoms with Gasteiger partial charge >= 0.3 is 0 Å². The van der Waals surface area contributed by atoms with E-state index in [-0.39, 0.29) is 5.91 Å². The number of rotatable bonds is 10. The van der Waals surface area contributed by atoms with Crippen LogP contribution in [0, 0.1) is 6.92 Å². The maximum atomic E-state index is 12.0. The van der Waals surface area contributed by atoms with Crippen LogP contribution >= 0.6 is 0 Å². The van der Waals surface area contributed by atoms with Gasteiger partial charge in [-0.3, -0.25) is 9.78 Å². The van der Waals surface area contributed by atoms with E-state index in [1.54, 1.807) is 24.5 Å². The average molecular weight is 438 g/mol. The smallest absolute Gasteiger partial charge is 0.243 e. The molecule has 1 N–H and O–H groups in total. The lowest BCUT2D eigenvalue weighted by atomic mass is 10.1. The van der Waals surface area contributed by atoms with Gasteiger partial charge in [-0.25, -0.2) is 0 Å². The second-order valence-electron chi connectivity index (χ2n) is 8.43. The molecule has 0 aliphatic rings. The fourth-order valence-electron chi connectivity index (χ4n) is 4.14. The molecule has 2 aromatic carbocycles. The number of benzene rings is 2. The van der Waals surface area contributed by atoms with Crippen molar-refractivity contribution in [3.8, 4) is 11.3 Å². The van der Waals surface area contributed by atoms with E-state index in [1.807, 2.05) is 12.1 Å². The summed E-state index contributed by atoms with van der Waals surface area (Å²) in [5.74, 6) is -0.0551. The molecule has 4 rings (SSSR count). The van der Waals surface area contributed by atoms with Gasteiger partial charge < -0.3 is 9.88 Å². The SMILES string of the molecule is Cc1ccc2c(c1)cc(-c1ccccc1)n2CCCCCCNC(=O)/C=C/c1cccnc1. The molecule has 4 heteroatoms. The normalized spacial score (nSPS) is 11.3. The zero-order valence-electron chi connectivity index (χ0n) is 19.2. The molecule has 0 saturated heterocycles. The van der Waals surface area contributed by atoms with Gasteiger partial charge in [-0.2, -0.15) is 0 Å². The molecule has 0 radical (unpaired) electrons. The van der Waals surface area contributed by atoms with Crippen molar-refractivity contribution in [2.24, 2.45) is 0 Å². The largest absolute Gasteiger partial charge is 0.353 e. The molecule has 0 spiro atoms. The molecular weight excluding hydrogens is 406 g/mol. The number of aryl methyl sites for hydroxylation is 2. The Morgan fingerprint density at radius 3 is 2.64 bits per heavy atom. The number of hydrogen-bond donors (Lipinski definition) is 1. The summed E-state index contributed by atoms with van der Waals surface area (Å²) in [7, 11) is 0. The molecule has 33 heavy (non-hydrogen) atoms. The van der Waals surface area contributed by atoms with Crippen molar-refractivity contribution >= 4 is 22.9 Å². The zero-order valence-corrected chi connectivity index (χ0v) is 19.2. The number of pyridine rings is 1. The summed E-state index contributed by atoms with van der Waals surface area (Å²) in [6, 6.07) is 23.4. The van der Waals surface area contributed by atoms with Gasteiger partial charge in [-0.1, -0.05) is 60.9 Å². The minimum atomic E-state index is -0.0551. The van der Waals surface area contributed by atoms with Gasteiger partial charge in [-0.05, 0) is 61.2 Å². The molecule has 2 aromatic heterocycles. The van der Waals surface area contributed by atoms with Gasteiger partial charge in [0.25, 0.3) is 0 Å². The van der Waals surface area contributed by atoms with Crippen LogP contribution in [0.2, 0.25) is 0 Å². The summed E-state index contributed by atoms with van der Waals surface area (Å²) in [6.07, 6.45) is 11.2. The number of amides is 1. The van der Waals surface area contributed by atoms with Gasteiger partial charge in [0.2, 0.25) is 5.91 Å². The highest BCUT2D eigenvalue weighted by Crippen LogP contribution is 2.29. The van der Waals surface area contributed by atoms with Gasteiger partial charge in [-0.15, -0.1) is 0 Å². The molecule has 0 bridgehead atoms. The van der Waals surface area contributed by atoms with Crippen LogP contribution in [0.4, 0.5) is 0 Å². The number of unbranched alkanes of at least 4 members (excludes halogenated alkanes) is 3. The molecule has 0 aliphatic heterocycles. The summed E-state index contributed by atoms with van der Waals surface area (Å²) in [4.78, 5) is 16.0. The third-order valence-corrected chi connectivity index (χ3v) is 5.85. The van der Waals surface area contributed by atoms with E-state index < -0.39 is 0 Å². The third-order valence-electron chi connectivity index (χ3n) is 5.85. The Bertz CT molecular complexity index is 1210. The topological polar surface area (TPSA) is 46.9 Å². The highest BCUT2D eigenvalue weighted by Gasteiger charge is 2.10. The highest BCUT2D eigenvalue weighted by molar-refractivity contribution is 5.91. The molecule has 4 nitrogen and oxygen atoms in total. The van der Waals surface area contributed by atoms with E-state index in [0.717, 1.165) is 37.8 Å². The maximum absolute atomic E-state index is 12.0. The number of carbonyl (C=O) groups is 1. The van der Waals surface area contributed by atoms with Crippen molar-refractivity contribution in [1.82, 2.24) is 14.9 Å². The second-order valence-corrected chi connectivity index (χ2v) is 8.43. The van der Waals surface area contributed by atoms with Crippen LogP contribution in [-0.2, 0) is 11.3 Å². The van der Waals surface area contributed by atoms with Gasteiger partial charge in [0.15, 0.2) is 0 Å². The van der Waals surface area contributed by atoms with Crippen LogP contribution in [0.25, 0.3) is 28.2 Å². The maximum Gasteiger partial charge on any atom is 0.243 e. The van der Waals surface area contributed by atoms with E-state index in [1.165, 1.54) is 27.7 Å². The van der Waals surface area contributed by atoms with Crippen molar-refractivity contribution in [2.45, 2.75) is 39.2 Å². The van der Waals surface area contributed by atoms with E-state index in [9.17, 15) is 4.79 Å². The minimum Gasteiger partial charge on any atom is -0.353 e. The lowest BCUT2D eigenvalue weighted by Crippen LogP contribution is -2.21.